The van der Waals surface area contributed by atoms with Gasteiger partial charge >= 0.3 is 0 Å². The number of methoxy groups -OCH3 is 1. The summed E-state index contributed by atoms with van der Waals surface area (Å²) >= 11 is 0. The average molecular weight is 647 g/mol. The Labute approximate surface area is 267 Å². The van der Waals surface area contributed by atoms with Crippen LogP contribution in [0.1, 0.15) is 38.7 Å². The fraction of sp³-hybridized carbons (Fsp3) is 0.606. The number of aliphatic hydroxyl groups excluding tert-OH is 1. The number of rotatable bonds is 16. The Morgan fingerprint density at radius 1 is 1.11 bits per heavy atom. The van der Waals surface area contributed by atoms with Crippen molar-refractivity contribution < 1.29 is 37.6 Å². The van der Waals surface area contributed by atoms with Gasteiger partial charge in [-0.3, -0.25) is 0 Å². The molecule has 2 aromatic carbocycles. The van der Waals surface area contributed by atoms with Gasteiger partial charge in [0.25, 0.3) is 0 Å². The highest BCUT2D eigenvalue weighted by Crippen LogP contribution is 2.36. The lowest BCUT2D eigenvalue weighted by Crippen LogP contribution is -2.61. The van der Waals surface area contributed by atoms with E-state index in [9.17, 15) is 23.4 Å². The highest BCUT2D eigenvalue weighted by molar-refractivity contribution is 7.89. The summed E-state index contributed by atoms with van der Waals surface area (Å²) < 4.78 is 46.4. The topological polar surface area (TPSA) is 132 Å². The highest BCUT2D eigenvalue weighted by atomic mass is 32.2. The Hall–Kier alpha value is -2.74. The van der Waals surface area contributed by atoms with Crippen molar-refractivity contribution in [3.05, 3.63) is 60.2 Å². The van der Waals surface area contributed by atoms with Crippen LogP contribution in [0.4, 0.5) is 4.79 Å². The molecule has 2 aliphatic heterocycles. The second kappa shape index (κ2) is 15.2. The minimum Gasteiger partial charge on any atom is -0.530 e. The Morgan fingerprint density at radius 3 is 2.42 bits per heavy atom. The SMILES string of the molecule is COc1ccc(S(=O)(=O)N(C[C@@H](O)[C@H](Cc2ccccc2)N(C(=O)[O-])[C@H]2CO[C@H]3OCC[C@H]32)CC(C)(C)CCCN(C)C)cc1. The zero-order chi connectivity index (χ0) is 32.8. The van der Waals surface area contributed by atoms with Gasteiger partial charge in [-0.2, -0.15) is 4.31 Å². The van der Waals surface area contributed by atoms with E-state index >= 15 is 0 Å². The minimum absolute atomic E-state index is 0.0612. The summed E-state index contributed by atoms with van der Waals surface area (Å²) in [5.41, 5.74) is 0.367. The molecule has 2 saturated heterocycles. The molecule has 0 radical (unpaired) electrons. The van der Waals surface area contributed by atoms with E-state index < -0.39 is 46.0 Å². The Kier molecular flexibility index (Phi) is 11.9. The van der Waals surface area contributed by atoms with Crippen molar-refractivity contribution in [3.8, 4) is 5.75 Å². The predicted molar refractivity (Wildman–Crippen MR) is 168 cm³/mol. The van der Waals surface area contributed by atoms with Crippen molar-refractivity contribution in [2.24, 2.45) is 11.3 Å². The quantitative estimate of drug-likeness (QED) is 0.292. The number of aliphatic hydroxyl groups is 1. The van der Waals surface area contributed by atoms with E-state index in [4.69, 9.17) is 14.2 Å². The van der Waals surface area contributed by atoms with E-state index in [2.05, 4.69) is 4.90 Å². The van der Waals surface area contributed by atoms with Gasteiger partial charge in [0.05, 0.1) is 43.4 Å². The minimum atomic E-state index is -4.10. The summed E-state index contributed by atoms with van der Waals surface area (Å²) in [5.74, 6) is 0.313. The smallest absolute Gasteiger partial charge is 0.243 e. The highest BCUT2D eigenvalue weighted by Gasteiger charge is 2.47. The van der Waals surface area contributed by atoms with Crippen LogP contribution >= 0.6 is 0 Å². The van der Waals surface area contributed by atoms with Crippen LogP contribution in [0, 0.1) is 11.3 Å². The van der Waals surface area contributed by atoms with E-state index in [1.54, 1.807) is 12.1 Å². The third-order valence-corrected chi connectivity index (χ3v) is 10.6. The molecule has 0 aliphatic carbocycles. The van der Waals surface area contributed by atoms with E-state index in [0.717, 1.165) is 24.9 Å². The van der Waals surface area contributed by atoms with Gasteiger partial charge < -0.3 is 39.0 Å². The van der Waals surface area contributed by atoms with Gasteiger partial charge in [0, 0.05) is 19.0 Å². The molecule has 12 heteroatoms. The largest absolute Gasteiger partial charge is 0.530 e. The van der Waals surface area contributed by atoms with Crippen LogP contribution in [-0.2, 0) is 25.9 Å². The summed E-state index contributed by atoms with van der Waals surface area (Å²) in [5, 5.41) is 24.8. The van der Waals surface area contributed by atoms with Crippen molar-refractivity contribution in [2.45, 2.75) is 68.9 Å². The number of sulfonamides is 1. The number of carbonyl (C=O) groups excluding carboxylic acids is 1. The molecule has 45 heavy (non-hydrogen) atoms. The lowest BCUT2D eigenvalue weighted by Gasteiger charge is -2.43. The van der Waals surface area contributed by atoms with Gasteiger partial charge in [0.2, 0.25) is 10.0 Å². The fourth-order valence-corrected chi connectivity index (χ4v) is 8.07. The zero-order valence-electron chi connectivity index (χ0n) is 27.0. The van der Waals surface area contributed by atoms with Crippen LogP contribution in [-0.4, -0.2) is 112 Å². The van der Waals surface area contributed by atoms with Gasteiger partial charge in [-0.15, -0.1) is 0 Å². The van der Waals surface area contributed by atoms with Gasteiger partial charge in [0.1, 0.15) is 11.8 Å². The number of nitrogens with zero attached hydrogens (tertiary/aromatic N) is 3. The number of carboxylic acid groups (broad SMARTS) is 1. The summed E-state index contributed by atoms with van der Waals surface area (Å²) in [6.07, 6.45) is -0.946. The summed E-state index contributed by atoms with van der Waals surface area (Å²) in [6.45, 7) is 5.24. The summed E-state index contributed by atoms with van der Waals surface area (Å²) in [4.78, 5) is 16.2. The lowest BCUT2D eigenvalue weighted by molar-refractivity contribution is -0.273. The third kappa shape index (κ3) is 8.96. The average Bonchev–Trinajstić information content (AvgIpc) is 3.61. The molecular weight excluding hydrogens is 598 g/mol. The second-order valence-electron chi connectivity index (χ2n) is 13.1. The first-order valence-electron chi connectivity index (χ1n) is 15.6. The van der Waals surface area contributed by atoms with Crippen molar-refractivity contribution in [2.75, 3.05) is 54.1 Å². The van der Waals surface area contributed by atoms with Crippen molar-refractivity contribution in [1.82, 2.24) is 14.1 Å². The second-order valence-corrected chi connectivity index (χ2v) is 15.1. The molecule has 2 heterocycles. The first-order valence-corrected chi connectivity index (χ1v) is 17.0. The van der Waals surface area contributed by atoms with Gasteiger partial charge in [-0.05, 0) is 81.6 Å². The number of hydrogen-bond donors (Lipinski definition) is 1. The normalized spacial score (nSPS) is 21.6. The first-order chi connectivity index (χ1) is 21.3. The van der Waals surface area contributed by atoms with Gasteiger partial charge in [-0.1, -0.05) is 44.2 Å². The molecule has 0 spiro atoms. The van der Waals surface area contributed by atoms with E-state index in [1.165, 1.54) is 28.4 Å². The maximum Gasteiger partial charge on any atom is 0.243 e. The number of ether oxygens (including phenoxy) is 3. The van der Waals surface area contributed by atoms with Crippen LogP contribution in [0.15, 0.2) is 59.5 Å². The third-order valence-electron chi connectivity index (χ3n) is 8.82. The predicted octanol–water partition coefficient (Wildman–Crippen LogP) is 2.43. The molecule has 11 nitrogen and oxygen atoms in total. The molecule has 1 amide bonds. The molecule has 0 unspecified atom stereocenters. The Balaban J connectivity index is 1.69. The zero-order valence-corrected chi connectivity index (χ0v) is 27.8. The van der Waals surface area contributed by atoms with Crippen molar-refractivity contribution >= 4 is 16.1 Å². The standard InChI is InChI=1S/C33H49N3O8S/c1-33(2,17-9-18-34(3)4)23-35(45(40,41)26-14-12-25(42-5)13-15-26)21-30(37)28(20-24-10-7-6-8-11-24)36(32(38)39)29-22-44-31-27(29)16-19-43-31/h6-8,10-15,27-31,37H,9,16-23H2,1-5H3,(H,38,39)/p-1/t27-,28-,29-,30+,31+/m0/s1. The molecule has 4 rings (SSSR count). The molecule has 0 saturated carbocycles. The maximum atomic E-state index is 14.2. The summed E-state index contributed by atoms with van der Waals surface area (Å²) in [6, 6.07) is 13.8. The summed E-state index contributed by atoms with van der Waals surface area (Å²) in [7, 11) is 1.40. The fourth-order valence-electron chi connectivity index (χ4n) is 6.43. The number of benzene rings is 2. The number of amides is 1. The number of hydrogen-bond acceptors (Lipinski definition) is 9. The lowest BCUT2D eigenvalue weighted by atomic mass is 9.87. The van der Waals surface area contributed by atoms with Crippen molar-refractivity contribution in [3.63, 3.8) is 0 Å². The van der Waals surface area contributed by atoms with Crippen LogP contribution in [0.25, 0.3) is 0 Å². The molecule has 0 aromatic heterocycles. The van der Waals surface area contributed by atoms with Crippen LogP contribution in [0.3, 0.4) is 0 Å². The van der Waals surface area contributed by atoms with Gasteiger partial charge in [0.15, 0.2) is 6.29 Å². The van der Waals surface area contributed by atoms with Crippen LogP contribution < -0.4 is 9.84 Å². The molecule has 1 N–H and O–H groups in total. The monoisotopic (exact) mass is 646 g/mol. The van der Waals surface area contributed by atoms with Crippen LogP contribution in [0.5, 0.6) is 5.75 Å². The van der Waals surface area contributed by atoms with Gasteiger partial charge in [-0.25, -0.2) is 8.42 Å². The number of fused-ring (bicyclic) bond motifs is 1. The molecule has 2 fully saturated rings. The molecule has 250 valence electrons. The molecule has 0 bridgehead atoms. The van der Waals surface area contributed by atoms with E-state index in [0.29, 0.717) is 18.8 Å². The Bertz CT molecular complexity index is 1340. The molecule has 2 aromatic rings. The van der Waals surface area contributed by atoms with E-state index in [-0.39, 0.29) is 36.9 Å². The van der Waals surface area contributed by atoms with Crippen molar-refractivity contribution in [1.29, 1.82) is 0 Å². The molecular formula is C33H48N3O8S-. The Morgan fingerprint density at radius 2 is 1.80 bits per heavy atom. The maximum absolute atomic E-state index is 14.2. The van der Waals surface area contributed by atoms with Crippen LogP contribution in [0.2, 0.25) is 0 Å². The van der Waals surface area contributed by atoms with E-state index in [1.807, 2.05) is 58.3 Å². The molecule has 5 atom stereocenters. The first kappa shape index (κ1) is 35.1. The molecule has 2 aliphatic rings. The number of carbonyl (C=O) groups is 1.